The Morgan fingerprint density at radius 1 is 0.526 bits per heavy atom. The molecular formula is C19H36. The van der Waals surface area contributed by atoms with Crippen molar-refractivity contribution in [1.29, 1.82) is 0 Å². The average molecular weight is 264 g/mol. The molecule has 0 saturated heterocycles. The lowest BCUT2D eigenvalue weighted by atomic mass is 9.70. The van der Waals surface area contributed by atoms with Gasteiger partial charge in [0.15, 0.2) is 0 Å². The molecule has 2 rings (SSSR count). The first-order chi connectivity index (χ1) is 9.27. The number of rotatable bonds is 2. The second-order valence-electron chi connectivity index (χ2n) is 7.73. The van der Waals surface area contributed by atoms with Gasteiger partial charge < -0.3 is 0 Å². The molecule has 0 nitrogen and oxygen atoms in total. The molecule has 0 bridgehead atoms. The minimum atomic E-state index is 0.921. The molecule has 0 aromatic carbocycles. The SMILES string of the molecule is CC(C)C1CCC(C2CCCCCCCCC2)CC1. The molecule has 0 heterocycles. The fraction of sp³-hybridized carbons (Fsp3) is 1.00. The van der Waals surface area contributed by atoms with Crippen LogP contribution >= 0.6 is 0 Å². The molecule has 2 aliphatic carbocycles. The van der Waals surface area contributed by atoms with Crippen LogP contribution in [0.2, 0.25) is 0 Å². The maximum Gasteiger partial charge on any atom is -0.0386 e. The van der Waals surface area contributed by atoms with Crippen LogP contribution in [0.25, 0.3) is 0 Å². The first kappa shape index (κ1) is 15.4. The van der Waals surface area contributed by atoms with Gasteiger partial charge in [0.05, 0.1) is 0 Å². The highest BCUT2D eigenvalue weighted by atomic mass is 14.3. The van der Waals surface area contributed by atoms with Crippen molar-refractivity contribution in [1.82, 2.24) is 0 Å². The summed E-state index contributed by atoms with van der Waals surface area (Å²) in [6.07, 6.45) is 19.8. The standard InChI is InChI=1S/C19H36/c1-16(2)17-12-14-19(15-13-17)18-10-8-6-4-3-5-7-9-11-18/h16-19H,3-15H2,1-2H3. The number of hydrogen-bond acceptors (Lipinski definition) is 0. The van der Waals surface area contributed by atoms with Crippen molar-refractivity contribution in [3.8, 4) is 0 Å². The van der Waals surface area contributed by atoms with Crippen LogP contribution in [-0.4, -0.2) is 0 Å². The normalized spacial score (nSPS) is 32.4. The van der Waals surface area contributed by atoms with Gasteiger partial charge in [-0.1, -0.05) is 71.6 Å². The fourth-order valence-corrected chi connectivity index (χ4v) is 4.60. The molecule has 0 heteroatoms. The van der Waals surface area contributed by atoms with Crippen LogP contribution in [0.3, 0.4) is 0 Å². The smallest absolute Gasteiger partial charge is 0.0386 e. The fourth-order valence-electron chi connectivity index (χ4n) is 4.60. The van der Waals surface area contributed by atoms with E-state index in [-0.39, 0.29) is 0 Å². The van der Waals surface area contributed by atoms with E-state index in [1.807, 2.05) is 0 Å². The molecule has 2 fully saturated rings. The lowest BCUT2D eigenvalue weighted by Gasteiger charge is -2.36. The number of hydrogen-bond donors (Lipinski definition) is 0. The second-order valence-corrected chi connectivity index (χ2v) is 7.73. The Balaban J connectivity index is 1.78. The van der Waals surface area contributed by atoms with Crippen LogP contribution < -0.4 is 0 Å². The summed E-state index contributed by atoms with van der Waals surface area (Å²) in [5.41, 5.74) is 0. The minimum absolute atomic E-state index is 0.921. The van der Waals surface area contributed by atoms with Crippen LogP contribution in [0.1, 0.15) is 97.3 Å². The molecule has 0 N–H and O–H groups in total. The third kappa shape index (κ3) is 5.12. The summed E-state index contributed by atoms with van der Waals surface area (Å²) in [4.78, 5) is 0. The van der Waals surface area contributed by atoms with Crippen LogP contribution in [-0.2, 0) is 0 Å². The van der Waals surface area contributed by atoms with Crippen molar-refractivity contribution in [2.24, 2.45) is 23.7 Å². The van der Waals surface area contributed by atoms with E-state index in [2.05, 4.69) is 13.8 Å². The third-order valence-corrected chi connectivity index (χ3v) is 6.08. The van der Waals surface area contributed by atoms with E-state index < -0.39 is 0 Å². The van der Waals surface area contributed by atoms with Gasteiger partial charge in [-0.05, 0) is 49.4 Å². The second kappa shape index (κ2) is 8.32. The van der Waals surface area contributed by atoms with Gasteiger partial charge in [0, 0.05) is 0 Å². The monoisotopic (exact) mass is 264 g/mol. The lowest BCUT2D eigenvalue weighted by Crippen LogP contribution is -2.24. The molecule has 2 saturated carbocycles. The highest BCUT2D eigenvalue weighted by Gasteiger charge is 2.28. The highest BCUT2D eigenvalue weighted by molar-refractivity contribution is 4.79. The molecule has 0 atom stereocenters. The summed E-state index contributed by atoms with van der Waals surface area (Å²) in [5.74, 6) is 4.14. The minimum Gasteiger partial charge on any atom is -0.0625 e. The van der Waals surface area contributed by atoms with Gasteiger partial charge in [-0.2, -0.15) is 0 Å². The zero-order valence-corrected chi connectivity index (χ0v) is 13.5. The van der Waals surface area contributed by atoms with E-state index in [4.69, 9.17) is 0 Å². The Bertz CT molecular complexity index is 212. The van der Waals surface area contributed by atoms with Gasteiger partial charge in [0.2, 0.25) is 0 Å². The quantitative estimate of drug-likeness (QED) is 0.528. The summed E-state index contributed by atoms with van der Waals surface area (Å²) in [6, 6.07) is 0. The molecule has 0 aromatic rings. The van der Waals surface area contributed by atoms with Crippen LogP contribution in [0.5, 0.6) is 0 Å². The van der Waals surface area contributed by atoms with Crippen LogP contribution in [0, 0.1) is 23.7 Å². The highest BCUT2D eigenvalue weighted by Crippen LogP contribution is 2.40. The molecule has 2 aliphatic rings. The molecule has 0 spiro atoms. The van der Waals surface area contributed by atoms with Gasteiger partial charge in [0.1, 0.15) is 0 Å². The molecule has 0 amide bonds. The van der Waals surface area contributed by atoms with Gasteiger partial charge in [-0.15, -0.1) is 0 Å². The van der Waals surface area contributed by atoms with Crippen molar-refractivity contribution in [2.45, 2.75) is 97.3 Å². The zero-order valence-electron chi connectivity index (χ0n) is 13.5. The van der Waals surface area contributed by atoms with E-state index >= 15 is 0 Å². The van der Waals surface area contributed by atoms with Crippen molar-refractivity contribution in [2.75, 3.05) is 0 Å². The van der Waals surface area contributed by atoms with Crippen molar-refractivity contribution >= 4 is 0 Å². The van der Waals surface area contributed by atoms with Crippen molar-refractivity contribution < 1.29 is 0 Å². The summed E-state index contributed by atoms with van der Waals surface area (Å²) >= 11 is 0. The summed E-state index contributed by atoms with van der Waals surface area (Å²) < 4.78 is 0. The Morgan fingerprint density at radius 2 is 0.947 bits per heavy atom. The largest absolute Gasteiger partial charge is 0.0625 e. The topological polar surface area (TPSA) is 0 Å². The predicted molar refractivity (Wildman–Crippen MR) is 85.3 cm³/mol. The molecule has 0 radical (unpaired) electrons. The summed E-state index contributed by atoms with van der Waals surface area (Å²) in [5, 5.41) is 0. The summed E-state index contributed by atoms with van der Waals surface area (Å²) in [6.45, 7) is 4.85. The maximum atomic E-state index is 2.43. The first-order valence-corrected chi connectivity index (χ1v) is 9.27. The Hall–Kier alpha value is 0. The maximum absolute atomic E-state index is 2.43. The van der Waals surface area contributed by atoms with Crippen molar-refractivity contribution in [3.63, 3.8) is 0 Å². The van der Waals surface area contributed by atoms with E-state index in [0.29, 0.717) is 0 Å². The molecule has 0 aromatic heterocycles. The van der Waals surface area contributed by atoms with Gasteiger partial charge in [0.25, 0.3) is 0 Å². The van der Waals surface area contributed by atoms with Crippen LogP contribution in [0.4, 0.5) is 0 Å². The first-order valence-electron chi connectivity index (χ1n) is 9.27. The van der Waals surface area contributed by atoms with E-state index in [1.165, 1.54) is 57.8 Å². The van der Waals surface area contributed by atoms with E-state index in [1.54, 1.807) is 25.7 Å². The lowest BCUT2D eigenvalue weighted by molar-refractivity contribution is 0.157. The van der Waals surface area contributed by atoms with Gasteiger partial charge in [-0.3, -0.25) is 0 Å². The molecular weight excluding hydrogens is 228 g/mol. The molecule has 0 unspecified atom stereocenters. The Labute approximate surface area is 121 Å². The average Bonchev–Trinajstić information content (AvgIpc) is 2.45. The van der Waals surface area contributed by atoms with E-state index in [9.17, 15) is 0 Å². The zero-order chi connectivity index (χ0) is 13.5. The van der Waals surface area contributed by atoms with Crippen LogP contribution in [0.15, 0.2) is 0 Å². The van der Waals surface area contributed by atoms with Gasteiger partial charge in [-0.25, -0.2) is 0 Å². The third-order valence-electron chi connectivity index (χ3n) is 6.08. The Morgan fingerprint density at radius 3 is 1.42 bits per heavy atom. The Kier molecular flexibility index (Phi) is 6.74. The molecule has 0 aliphatic heterocycles. The summed E-state index contributed by atoms with van der Waals surface area (Å²) in [7, 11) is 0. The van der Waals surface area contributed by atoms with E-state index in [0.717, 1.165) is 23.7 Å². The van der Waals surface area contributed by atoms with Gasteiger partial charge >= 0.3 is 0 Å². The molecule has 112 valence electrons. The van der Waals surface area contributed by atoms with Crippen molar-refractivity contribution in [3.05, 3.63) is 0 Å². The predicted octanol–water partition coefficient (Wildman–Crippen LogP) is 6.59. The molecule has 19 heavy (non-hydrogen) atoms.